The molecule has 0 amide bonds. The molecule has 21 heavy (non-hydrogen) atoms. The first-order valence-electron chi connectivity index (χ1n) is 7.35. The van der Waals surface area contributed by atoms with Gasteiger partial charge in [-0.1, -0.05) is 55.5 Å². The van der Waals surface area contributed by atoms with Crippen molar-refractivity contribution in [2.24, 2.45) is 0 Å². The molecule has 0 aliphatic heterocycles. The number of rotatable bonds is 8. The van der Waals surface area contributed by atoms with Gasteiger partial charge in [0, 0.05) is 11.6 Å². The number of nitrogens with one attached hydrogen (secondary N) is 1. The molecule has 0 radical (unpaired) electrons. The first kappa shape index (κ1) is 15.5. The Morgan fingerprint density at radius 1 is 1.00 bits per heavy atom. The zero-order valence-electron chi connectivity index (χ0n) is 12.7. The smallest absolute Gasteiger partial charge is 0.189 e. The summed E-state index contributed by atoms with van der Waals surface area (Å²) < 4.78 is 11.4. The number of hydrogen-bond acceptors (Lipinski definition) is 3. The van der Waals surface area contributed by atoms with Crippen LogP contribution in [0.25, 0.3) is 0 Å². The largest absolute Gasteiger partial charge is 0.467 e. The third-order valence-corrected chi connectivity index (χ3v) is 3.46. The molecule has 0 saturated carbocycles. The molecule has 0 heterocycles. The normalized spacial score (nSPS) is 12.1. The lowest BCUT2D eigenvalue weighted by atomic mass is 10.0. The van der Waals surface area contributed by atoms with Gasteiger partial charge in [0.25, 0.3) is 0 Å². The highest BCUT2D eigenvalue weighted by atomic mass is 16.7. The van der Waals surface area contributed by atoms with Crippen molar-refractivity contribution in [1.82, 2.24) is 5.32 Å². The Morgan fingerprint density at radius 3 is 2.43 bits per heavy atom. The summed E-state index contributed by atoms with van der Waals surface area (Å²) in [5.41, 5.74) is 2.32. The second-order valence-corrected chi connectivity index (χ2v) is 4.88. The molecule has 2 aromatic rings. The first-order chi connectivity index (χ1) is 10.3. The number of benzene rings is 2. The fourth-order valence-electron chi connectivity index (χ4n) is 2.32. The molecule has 0 fully saturated rings. The van der Waals surface area contributed by atoms with Crippen molar-refractivity contribution in [3.8, 4) is 5.75 Å². The van der Waals surface area contributed by atoms with Crippen molar-refractivity contribution in [1.29, 1.82) is 0 Å². The molecule has 3 heteroatoms. The van der Waals surface area contributed by atoms with Crippen molar-refractivity contribution in [2.45, 2.75) is 26.0 Å². The molecule has 1 atom stereocenters. The van der Waals surface area contributed by atoms with E-state index in [1.54, 1.807) is 0 Å². The summed E-state index contributed by atoms with van der Waals surface area (Å²) in [6, 6.07) is 18.5. The average Bonchev–Trinajstić information content (AvgIpc) is 2.55. The molecule has 3 nitrogen and oxygen atoms in total. The third kappa shape index (κ3) is 4.59. The number of ether oxygens (including phenoxy) is 2. The highest BCUT2D eigenvalue weighted by Gasteiger charge is 2.11. The summed E-state index contributed by atoms with van der Waals surface area (Å²) in [4.78, 5) is 0. The molecular weight excluding hydrogens is 262 g/mol. The van der Waals surface area contributed by atoms with Crippen molar-refractivity contribution >= 4 is 0 Å². The van der Waals surface area contributed by atoms with Gasteiger partial charge in [-0.05, 0) is 25.1 Å². The van der Waals surface area contributed by atoms with Crippen LogP contribution in [0.1, 0.15) is 30.5 Å². The van der Waals surface area contributed by atoms with Crippen molar-refractivity contribution in [3.05, 3.63) is 65.7 Å². The summed E-state index contributed by atoms with van der Waals surface area (Å²) in [6.07, 6.45) is 1.02. The third-order valence-electron chi connectivity index (χ3n) is 3.46. The maximum absolute atomic E-state index is 5.78. The minimum atomic E-state index is 0.256. The van der Waals surface area contributed by atoms with Crippen LogP contribution in [-0.4, -0.2) is 13.8 Å². The van der Waals surface area contributed by atoms with Gasteiger partial charge in [0.1, 0.15) is 5.75 Å². The summed E-state index contributed by atoms with van der Waals surface area (Å²) in [5, 5.41) is 3.30. The molecule has 0 aromatic heterocycles. The molecule has 1 unspecified atom stereocenters. The molecule has 2 rings (SSSR count). The zero-order valence-corrected chi connectivity index (χ0v) is 12.7. The Labute approximate surface area is 126 Å². The van der Waals surface area contributed by atoms with Gasteiger partial charge in [0.05, 0.1) is 6.61 Å². The number of hydrogen-bond donors (Lipinski definition) is 1. The summed E-state index contributed by atoms with van der Waals surface area (Å²) in [7, 11) is 1.97. The molecule has 1 N–H and O–H groups in total. The van der Waals surface area contributed by atoms with Crippen molar-refractivity contribution < 1.29 is 9.47 Å². The van der Waals surface area contributed by atoms with Crippen molar-refractivity contribution in [3.63, 3.8) is 0 Å². The van der Waals surface area contributed by atoms with Gasteiger partial charge in [0.15, 0.2) is 6.79 Å². The fourth-order valence-corrected chi connectivity index (χ4v) is 2.32. The van der Waals surface area contributed by atoms with Crippen molar-refractivity contribution in [2.75, 3.05) is 13.8 Å². The Balaban J connectivity index is 1.88. The fraction of sp³-hybridized carbons (Fsp3) is 0.333. The van der Waals surface area contributed by atoms with Crippen LogP contribution in [0.5, 0.6) is 5.75 Å². The standard InChI is InChI=1S/C18H23NO2/c1-3-17(19-2)16-11-7-8-12-18(16)21-14-20-13-15-9-5-4-6-10-15/h4-12,17,19H,3,13-14H2,1-2H3. The maximum Gasteiger partial charge on any atom is 0.189 e. The first-order valence-corrected chi connectivity index (χ1v) is 7.35. The van der Waals surface area contributed by atoms with Gasteiger partial charge < -0.3 is 14.8 Å². The molecular formula is C18H23NO2. The Morgan fingerprint density at radius 2 is 1.71 bits per heavy atom. The van der Waals surface area contributed by atoms with Gasteiger partial charge in [0.2, 0.25) is 0 Å². The second kappa shape index (κ2) is 8.45. The van der Waals surface area contributed by atoms with E-state index in [9.17, 15) is 0 Å². The summed E-state index contributed by atoms with van der Waals surface area (Å²) in [6.45, 7) is 2.97. The highest BCUT2D eigenvalue weighted by molar-refractivity contribution is 5.35. The van der Waals surface area contributed by atoms with E-state index >= 15 is 0 Å². The van der Waals surface area contributed by atoms with E-state index in [-0.39, 0.29) is 6.79 Å². The van der Waals surface area contributed by atoms with Crippen LogP contribution in [0.15, 0.2) is 54.6 Å². The predicted molar refractivity (Wildman–Crippen MR) is 85.3 cm³/mol. The van der Waals surface area contributed by atoms with Crippen LogP contribution in [-0.2, 0) is 11.3 Å². The molecule has 0 aliphatic rings. The quantitative estimate of drug-likeness (QED) is 0.589. The molecule has 0 spiro atoms. The van der Waals surface area contributed by atoms with Crippen LogP contribution in [0, 0.1) is 0 Å². The lowest BCUT2D eigenvalue weighted by Crippen LogP contribution is -2.16. The van der Waals surface area contributed by atoms with E-state index in [0.29, 0.717) is 12.6 Å². The van der Waals surface area contributed by atoms with Crippen LogP contribution in [0.2, 0.25) is 0 Å². The maximum atomic E-state index is 5.78. The summed E-state index contributed by atoms with van der Waals surface area (Å²) in [5.74, 6) is 0.881. The Kier molecular flexibility index (Phi) is 6.25. The highest BCUT2D eigenvalue weighted by Crippen LogP contribution is 2.26. The van der Waals surface area contributed by atoms with Crippen LogP contribution in [0.3, 0.4) is 0 Å². The lowest BCUT2D eigenvalue weighted by molar-refractivity contribution is 0.00428. The van der Waals surface area contributed by atoms with E-state index < -0.39 is 0 Å². The van der Waals surface area contributed by atoms with Gasteiger partial charge in [-0.3, -0.25) is 0 Å². The van der Waals surface area contributed by atoms with Crippen LogP contribution >= 0.6 is 0 Å². The molecule has 112 valence electrons. The topological polar surface area (TPSA) is 30.5 Å². The summed E-state index contributed by atoms with van der Waals surface area (Å²) >= 11 is 0. The SMILES string of the molecule is CCC(NC)c1ccccc1OCOCc1ccccc1. The lowest BCUT2D eigenvalue weighted by Gasteiger charge is -2.18. The van der Waals surface area contributed by atoms with Crippen LogP contribution < -0.4 is 10.1 Å². The minimum absolute atomic E-state index is 0.256. The monoisotopic (exact) mass is 285 g/mol. The van der Waals surface area contributed by atoms with E-state index in [0.717, 1.165) is 17.7 Å². The van der Waals surface area contributed by atoms with E-state index in [4.69, 9.17) is 9.47 Å². The Bertz CT molecular complexity index is 524. The Hall–Kier alpha value is -1.84. The molecule has 0 saturated heterocycles. The number of para-hydroxylation sites is 1. The molecule has 2 aromatic carbocycles. The minimum Gasteiger partial charge on any atom is -0.467 e. The van der Waals surface area contributed by atoms with E-state index in [1.807, 2.05) is 55.6 Å². The molecule has 0 bridgehead atoms. The van der Waals surface area contributed by atoms with Gasteiger partial charge in [-0.2, -0.15) is 0 Å². The van der Waals surface area contributed by atoms with Gasteiger partial charge in [-0.25, -0.2) is 0 Å². The molecule has 0 aliphatic carbocycles. The second-order valence-electron chi connectivity index (χ2n) is 4.88. The van der Waals surface area contributed by atoms with Gasteiger partial charge >= 0.3 is 0 Å². The van der Waals surface area contributed by atoms with E-state index in [2.05, 4.69) is 18.3 Å². The van der Waals surface area contributed by atoms with Gasteiger partial charge in [-0.15, -0.1) is 0 Å². The average molecular weight is 285 g/mol. The zero-order chi connectivity index (χ0) is 14.9. The predicted octanol–water partition coefficient (Wildman–Crippen LogP) is 3.91. The van der Waals surface area contributed by atoms with Crippen LogP contribution in [0.4, 0.5) is 0 Å². The van der Waals surface area contributed by atoms with E-state index in [1.165, 1.54) is 5.56 Å².